The molecule has 0 aromatic carbocycles. The summed E-state index contributed by atoms with van der Waals surface area (Å²) in [4.78, 5) is 23.0. The number of carbonyl (C=O) groups excluding carboxylic acids is 1. The number of hydrogen-bond acceptors (Lipinski definition) is 4. The first-order valence-electron chi connectivity index (χ1n) is 4.51. The number of rotatable bonds is 3. The van der Waals surface area contributed by atoms with E-state index in [0.717, 1.165) is 4.90 Å². The number of hydrogen-bond donors (Lipinski definition) is 2. The van der Waals surface area contributed by atoms with E-state index in [4.69, 9.17) is 9.84 Å². The van der Waals surface area contributed by atoms with E-state index in [-0.39, 0.29) is 19.6 Å². The number of esters is 1. The molecular weight excluding hydrogens is 202 g/mol. The summed E-state index contributed by atoms with van der Waals surface area (Å²) in [7, 11) is 0. The standard InChI is InChI=1S/C9H13NO5/c1-2-3-15-8(12)7-4-6(11)5-10(7)9(13)14/h2,6-7,11H,1,3-5H2,(H,13,14). The summed E-state index contributed by atoms with van der Waals surface area (Å²) in [5.41, 5.74) is 0. The summed E-state index contributed by atoms with van der Waals surface area (Å²) in [6.07, 6.45) is -0.550. The molecule has 1 aliphatic heterocycles. The third-order valence-corrected chi connectivity index (χ3v) is 2.14. The normalized spacial score (nSPS) is 25.0. The number of amides is 1. The van der Waals surface area contributed by atoms with Crippen LogP contribution in [0.25, 0.3) is 0 Å². The molecule has 1 rings (SSSR count). The van der Waals surface area contributed by atoms with Crippen molar-refractivity contribution in [1.82, 2.24) is 4.90 Å². The van der Waals surface area contributed by atoms with E-state index in [9.17, 15) is 14.7 Å². The number of β-amino-alcohol motifs (C(OH)–C–C–N with tert-alkyl or cyclic N) is 1. The summed E-state index contributed by atoms with van der Waals surface area (Å²) in [5, 5.41) is 18.0. The zero-order chi connectivity index (χ0) is 11.4. The predicted molar refractivity (Wildman–Crippen MR) is 50.3 cm³/mol. The fourth-order valence-electron chi connectivity index (χ4n) is 1.49. The van der Waals surface area contributed by atoms with Crippen molar-refractivity contribution in [2.75, 3.05) is 13.2 Å². The van der Waals surface area contributed by atoms with Gasteiger partial charge < -0.3 is 14.9 Å². The molecule has 0 aromatic rings. The molecule has 0 radical (unpaired) electrons. The van der Waals surface area contributed by atoms with Crippen LogP contribution in [0.2, 0.25) is 0 Å². The number of nitrogens with zero attached hydrogens (tertiary/aromatic N) is 1. The molecule has 0 aliphatic carbocycles. The number of ether oxygens (including phenoxy) is 1. The van der Waals surface area contributed by atoms with Gasteiger partial charge in [0, 0.05) is 6.42 Å². The van der Waals surface area contributed by atoms with Crippen LogP contribution >= 0.6 is 0 Å². The molecule has 6 heteroatoms. The molecule has 1 amide bonds. The minimum atomic E-state index is -1.23. The summed E-state index contributed by atoms with van der Waals surface area (Å²) in [6.45, 7) is 3.36. The van der Waals surface area contributed by atoms with Crippen LogP contribution in [-0.4, -0.2) is 52.5 Å². The first kappa shape index (κ1) is 11.5. The fourth-order valence-corrected chi connectivity index (χ4v) is 1.49. The Bertz CT molecular complexity index is 278. The van der Waals surface area contributed by atoms with Crippen LogP contribution in [0.1, 0.15) is 6.42 Å². The van der Waals surface area contributed by atoms with Crippen LogP contribution in [0.3, 0.4) is 0 Å². The lowest BCUT2D eigenvalue weighted by Crippen LogP contribution is -2.40. The molecule has 0 spiro atoms. The van der Waals surface area contributed by atoms with Gasteiger partial charge in [-0.1, -0.05) is 12.7 Å². The van der Waals surface area contributed by atoms with Gasteiger partial charge in [-0.3, -0.25) is 4.90 Å². The maximum Gasteiger partial charge on any atom is 0.408 e. The van der Waals surface area contributed by atoms with Gasteiger partial charge in [-0.15, -0.1) is 0 Å². The monoisotopic (exact) mass is 215 g/mol. The average Bonchev–Trinajstić information content (AvgIpc) is 2.57. The van der Waals surface area contributed by atoms with E-state index < -0.39 is 24.2 Å². The molecule has 6 nitrogen and oxygen atoms in total. The highest BCUT2D eigenvalue weighted by Gasteiger charge is 2.39. The SMILES string of the molecule is C=CCOC(=O)C1CC(O)CN1C(=O)O. The lowest BCUT2D eigenvalue weighted by atomic mass is 10.2. The van der Waals surface area contributed by atoms with E-state index >= 15 is 0 Å². The molecule has 1 saturated heterocycles. The predicted octanol–water partition coefficient (Wildman–Crippen LogP) is -0.171. The highest BCUT2D eigenvalue weighted by Crippen LogP contribution is 2.19. The second-order valence-corrected chi connectivity index (χ2v) is 3.26. The van der Waals surface area contributed by atoms with Gasteiger partial charge >= 0.3 is 12.1 Å². The van der Waals surface area contributed by atoms with E-state index in [0.29, 0.717) is 0 Å². The van der Waals surface area contributed by atoms with Crippen LogP contribution in [0.15, 0.2) is 12.7 Å². The first-order chi connectivity index (χ1) is 7.06. The van der Waals surface area contributed by atoms with Crippen LogP contribution in [0.5, 0.6) is 0 Å². The molecule has 1 fully saturated rings. The molecule has 2 atom stereocenters. The summed E-state index contributed by atoms with van der Waals surface area (Å²) in [5.74, 6) is -0.645. The zero-order valence-corrected chi connectivity index (χ0v) is 8.13. The van der Waals surface area contributed by atoms with Crippen molar-refractivity contribution >= 4 is 12.1 Å². The van der Waals surface area contributed by atoms with E-state index in [1.807, 2.05) is 0 Å². The van der Waals surface area contributed by atoms with Crippen molar-refractivity contribution < 1.29 is 24.5 Å². The van der Waals surface area contributed by atoms with Crippen molar-refractivity contribution in [3.05, 3.63) is 12.7 Å². The number of aliphatic hydroxyl groups excluding tert-OH is 1. The third-order valence-electron chi connectivity index (χ3n) is 2.14. The molecule has 1 aliphatic rings. The van der Waals surface area contributed by atoms with Gasteiger partial charge in [0.25, 0.3) is 0 Å². The summed E-state index contributed by atoms with van der Waals surface area (Å²) < 4.78 is 4.73. The van der Waals surface area contributed by atoms with Crippen molar-refractivity contribution in [1.29, 1.82) is 0 Å². The molecule has 2 N–H and O–H groups in total. The van der Waals surface area contributed by atoms with E-state index in [2.05, 4.69) is 6.58 Å². The van der Waals surface area contributed by atoms with Gasteiger partial charge in [-0.2, -0.15) is 0 Å². The van der Waals surface area contributed by atoms with E-state index in [1.54, 1.807) is 0 Å². The molecule has 84 valence electrons. The number of carbonyl (C=O) groups is 2. The number of aliphatic hydroxyl groups is 1. The third kappa shape index (κ3) is 2.69. The Balaban J connectivity index is 2.62. The van der Waals surface area contributed by atoms with Crippen LogP contribution in [-0.2, 0) is 9.53 Å². The van der Waals surface area contributed by atoms with Crippen molar-refractivity contribution in [2.24, 2.45) is 0 Å². The molecule has 0 bridgehead atoms. The Hall–Kier alpha value is -1.56. The van der Waals surface area contributed by atoms with Gasteiger partial charge in [0.1, 0.15) is 12.6 Å². The lowest BCUT2D eigenvalue weighted by molar-refractivity contribution is -0.147. The lowest BCUT2D eigenvalue weighted by Gasteiger charge is -2.18. The molecule has 0 saturated carbocycles. The average molecular weight is 215 g/mol. The summed E-state index contributed by atoms with van der Waals surface area (Å²) in [6, 6.07) is -0.905. The second kappa shape index (κ2) is 4.79. The fraction of sp³-hybridized carbons (Fsp3) is 0.556. The van der Waals surface area contributed by atoms with E-state index in [1.165, 1.54) is 6.08 Å². The number of likely N-dealkylation sites (tertiary alicyclic amines) is 1. The van der Waals surface area contributed by atoms with Gasteiger partial charge in [-0.05, 0) is 0 Å². The van der Waals surface area contributed by atoms with Crippen LogP contribution in [0.4, 0.5) is 4.79 Å². The van der Waals surface area contributed by atoms with Crippen LogP contribution in [0, 0.1) is 0 Å². The van der Waals surface area contributed by atoms with Crippen molar-refractivity contribution in [3.8, 4) is 0 Å². The smallest absolute Gasteiger partial charge is 0.408 e. The summed E-state index contributed by atoms with van der Waals surface area (Å²) >= 11 is 0. The highest BCUT2D eigenvalue weighted by atomic mass is 16.5. The molecule has 0 aromatic heterocycles. The Labute approximate surface area is 86.7 Å². The quantitative estimate of drug-likeness (QED) is 0.504. The van der Waals surface area contributed by atoms with Crippen molar-refractivity contribution in [2.45, 2.75) is 18.6 Å². The van der Waals surface area contributed by atoms with Gasteiger partial charge in [0.05, 0.1) is 12.6 Å². The maximum absolute atomic E-state index is 11.4. The number of carboxylic acid groups (broad SMARTS) is 1. The Morgan fingerprint density at radius 2 is 2.27 bits per heavy atom. The second-order valence-electron chi connectivity index (χ2n) is 3.26. The first-order valence-corrected chi connectivity index (χ1v) is 4.51. The minimum Gasteiger partial charge on any atom is -0.465 e. The highest BCUT2D eigenvalue weighted by molar-refractivity contribution is 5.81. The Morgan fingerprint density at radius 3 is 2.80 bits per heavy atom. The molecule has 1 heterocycles. The van der Waals surface area contributed by atoms with Crippen molar-refractivity contribution in [3.63, 3.8) is 0 Å². The van der Waals surface area contributed by atoms with Gasteiger partial charge in [0.2, 0.25) is 0 Å². The maximum atomic E-state index is 11.4. The van der Waals surface area contributed by atoms with Crippen LogP contribution < -0.4 is 0 Å². The molecular formula is C9H13NO5. The topological polar surface area (TPSA) is 87.1 Å². The molecule has 15 heavy (non-hydrogen) atoms. The Kier molecular flexibility index (Phi) is 3.68. The van der Waals surface area contributed by atoms with Gasteiger partial charge in [-0.25, -0.2) is 9.59 Å². The zero-order valence-electron chi connectivity index (χ0n) is 8.13. The minimum absolute atomic E-state index is 0.0406. The largest absolute Gasteiger partial charge is 0.465 e. The van der Waals surface area contributed by atoms with Gasteiger partial charge in [0.15, 0.2) is 0 Å². The molecule has 2 unspecified atom stereocenters. The Morgan fingerprint density at radius 1 is 1.60 bits per heavy atom.